The van der Waals surface area contributed by atoms with Gasteiger partial charge in [-0.2, -0.15) is 0 Å². The highest BCUT2D eigenvalue weighted by Gasteiger charge is 2.04. The lowest BCUT2D eigenvalue weighted by Gasteiger charge is -2.12. The molecule has 0 aliphatic rings. The zero-order valence-corrected chi connectivity index (χ0v) is 15.0. The van der Waals surface area contributed by atoms with E-state index in [0.29, 0.717) is 18.9 Å². The van der Waals surface area contributed by atoms with Gasteiger partial charge in [0.25, 0.3) is 0 Å². The van der Waals surface area contributed by atoms with E-state index in [2.05, 4.69) is 39.9 Å². The molecule has 5 nitrogen and oxygen atoms in total. The lowest BCUT2D eigenvalue weighted by atomic mass is 10.1. The second-order valence-electron chi connectivity index (χ2n) is 5.59. The highest BCUT2D eigenvalue weighted by atomic mass is 16.5. The molecule has 0 aliphatic carbocycles. The van der Waals surface area contributed by atoms with Crippen LogP contribution in [0.4, 0.5) is 0 Å². The van der Waals surface area contributed by atoms with Crippen LogP contribution in [0.2, 0.25) is 0 Å². The van der Waals surface area contributed by atoms with Crippen molar-refractivity contribution in [3.8, 4) is 11.5 Å². The van der Waals surface area contributed by atoms with Crippen LogP contribution < -0.4 is 15.4 Å². The maximum absolute atomic E-state index is 9.77. The zero-order valence-electron chi connectivity index (χ0n) is 15.0. The molecule has 3 N–H and O–H groups in total. The van der Waals surface area contributed by atoms with E-state index >= 15 is 0 Å². The van der Waals surface area contributed by atoms with Crippen molar-refractivity contribution < 1.29 is 9.84 Å². The Morgan fingerprint density at radius 3 is 2.56 bits per heavy atom. The van der Waals surface area contributed by atoms with Crippen molar-refractivity contribution in [3.63, 3.8) is 0 Å². The molecule has 0 bridgehead atoms. The van der Waals surface area contributed by atoms with Crippen LogP contribution in [-0.4, -0.2) is 30.8 Å². The fourth-order valence-corrected chi connectivity index (χ4v) is 2.41. The number of phenols is 1. The topological polar surface area (TPSA) is 65.9 Å². The fourth-order valence-electron chi connectivity index (χ4n) is 2.41. The summed E-state index contributed by atoms with van der Waals surface area (Å²) in [5, 5.41) is 16.4. The summed E-state index contributed by atoms with van der Waals surface area (Å²) in [5.74, 6) is 1.43. The molecule has 0 saturated carbocycles. The quantitative estimate of drug-likeness (QED) is 0.510. The number of nitrogens with zero attached hydrogens (tertiary/aromatic N) is 1. The van der Waals surface area contributed by atoms with Crippen LogP contribution in [0.15, 0.2) is 53.5 Å². The summed E-state index contributed by atoms with van der Waals surface area (Å²) in [6, 6.07) is 15.7. The van der Waals surface area contributed by atoms with Gasteiger partial charge in [-0.05, 0) is 43.5 Å². The normalized spacial score (nSPS) is 11.2. The number of aromatic hydroxyl groups is 1. The Hall–Kier alpha value is -2.69. The monoisotopic (exact) mass is 341 g/mol. The molecule has 2 aromatic rings. The first kappa shape index (κ1) is 18.6. The molecule has 134 valence electrons. The molecule has 0 spiro atoms. The minimum atomic E-state index is 0.155. The average Bonchev–Trinajstić information content (AvgIpc) is 2.63. The molecule has 0 fully saturated rings. The summed E-state index contributed by atoms with van der Waals surface area (Å²) in [4.78, 5) is 4.60. The van der Waals surface area contributed by atoms with Gasteiger partial charge in [0.15, 0.2) is 17.5 Å². The number of nitrogens with one attached hydrogen (secondary N) is 2. The molecule has 0 aliphatic heterocycles. The van der Waals surface area contributed by atoms with Gasteiger partial charge in [0, 0.05) is 13.1 Å². The van der Waals surface area contributed by atoms with Gasteiger partial charge in [-0.1, -0.05) is 36.4 Å². The molecule has 2 rings (SSSR count). The van der Waals surface area contributed by atoms with Crippen molar-refractivity contribution in [1.82, 2.24) is 10.6 Å². The first-order valence-corrected chi connectivity index (χ1v) is 8.73. The zero-order chi connectivity index (χ0) is 17.9. The van der Waals surface area contributed by atoms with E-state index in [0.717, 1.165) is 31.0 Å². The number of phenolic OH excluding ortho intramolecular Hbond substituents is 1. The molecule has 0 aromatic heterocycles. The molecule has 25 heavy (non-hydrogen) atoms. The van der Waals surface area contributed by atoms with Crippen molar-refractivity contribution in [2.24, 2.45) is 4.99 Å². The summed E-state index contributed by atoms with van der Waals surface area (Å²) in [7, 11) is 0. The molecule has 5 heteroatoms. The van der Waals surface area contributed by atoms with Crippen LogP contribution in [0.5, 0.6) is 11.5 Å². The Morgan fingerprint density at radius 2 is 1.84 bits per heavy atom. The van der Waals surface area contributed by atoms with E-state index in [1.54, 1.807) is 6.07 Å². The largest absolute Gasteiger partial charge is 0.504 e. The van der Waals surface area contributed by atoms with Crippen molar-refractivity contribution in [2.45, 2.75) is 26.8 Å². The van der Waals surface area contributed by atoms with Crippen LogP contribution >= 0.6 is 0 Å². The van der Waals surface area contributed by atoms with Gasteiger partial charge < -0.3 is 20.5 Å². The number of aliphatic imine (C=N–C) groups is 1. The maximum atomic E-state index is 9.77. The van der Waals surface area contributed by atoms with Crippen molar-refractivity contribution in [2.75, 3.05) is 19.7 Å². The summed E-state index contributed by atoms with van der Waals surface area (Å²) >= 11 is 0. The van der Waals surface area contributed by atoms with Crippen LogP contribution in [0.25, 0.3) is 0 Å². The van der Waals surface area contributed by atoms with Gasteiger partial charge in [0.1, 0.15) is 0 Å². The fraction of sp³-hybridized carbons (Fsp3) is 0.350. The van der Waals surface area contributed by atoms with Gasteiger partial charge in [-0.3, -0.25) is 0 Å². The molecular weight excluding hydrogens is 314 g/mol. The van der Waals surface area contributed by atoms with E-state index in [1.165, 1.54) is 5.56 Å². The van der Waals surface area contributed by atoms with E-state index in [9.17, 15) is 5.11 Å². The summed E-state index contributed by atoms with van der Waals surface area (Å²) in [6.45, 7) is 6.59. The number of guanidine groups is 1. The lowest BCUT2D eigenvalue weighted by molar-refractivity contribution is 0.318. The highest BCUT2D eigenvalue weighted by Crippen LogP contribution is 2.27. The van der Waals surface area contributed by atoms with Crippen LogP contribution in [0, 0.1) is 0 Å². The molecule has 2 aromatic carbocycles. The van der Waals surface area contributed by atoms with Gasteiger partial charge in [0.2, 0.25) is 0 Å². The number of hydrogen-bond donors (Lipinski definition) is 3. The SMILES string of the molecule is CCNC(=NCc1ccc(O)c(OCC)c1)NCCc1ccccc1. The number of ether oxygens (including phenoxy) is 1. The third kappa shape index (κ3) is 6.37. The Balaban J connectivity index is 1.93. The first-order valence-electron chi connectivity index (χ1n) is 8.73. The van der Waals surface area contributed by atoms with E-state index < -0.39 is 0 Å². The smallest absolute Gasteiger partial charge is 0.191 e. The number of rotatable bonds is 8. The lowest BCUT2D eigenvalue weighted by Crippen LogP contribution is -2.38. The predicted octanol–water partition coefficient (Wildman–Crippen LogP) is 3.09. The number of benzene rings is 2. The molecular formula is C20H27N3O2. The molecule has 0 heterocycles. The Bertz CT molecular complexity index is 672. The summed E-state index contributed by atoms with van der Waals surface area (Å²) in [6.07, 6.45) is 0.943. The molecule has 0 amide bonds. The summed E-state index contributed by atoms with van der Waals surface area (Å²) < 4.78 is 5.42. The van der Waals surface area contributed by atoms with Gasteiger partial charge in [-0.25, -0.2) is 4.99 Å². The summed E-state index contributed by atoms with van der Waals surface area (Å²) in [5.41, 5.74) is 2.28. The molecule has 0 saturated heterocycles. The van der Waals surface area contributed by atoms with Crippen LogP contribution in [0.3, 0.4) is 0 Å². The maximum Gasteiger partial charge on any atom is 0.191 e. The Kier molecular flexibility index (Phi) is 7.63. The Morgan fingerprint density at radius 1 is 1.04 bits per heavy atom. The third-order valence-electron chi connectivity index (χ3n) is 3.64. The highest BCUT2D eigenvalue weighted by molar-refractivity contribution is 5.79. The average molecular weight is 341 g/mol. The van der Waals surface area contributed by atoms with Gasteiger partial charge in [0.05, 0.1) is 13.2 Å². The van der Waals surface area contributed by atoms with E-state index in [4.69, 9.17) is 4.74 Å². The van der Waals surface area contributed by atoms with Gasteiger partial charge >= 0.3 is 0 Å². The predicted molar refractivity (Wildman–Crippen MR) is 102 cm³/mol. The van der Waals surface area contributed by atoms with Crippen molar-refractivity contribution in [3.05, 3.63) is 59.7 Å². The standard InChI is InChI=1S/C20H27N3O2/c1-3-21-20(22-13-12-16-8-6-5-7-9-16)23-15-17-10-11-18(24)19(14-17)25-4-2/h5-11,14,24H,3-4,12-13,15H2,1-2H3,(H2,21,22,23). The van der Waals surface area contributed by atoms with Crippen LogP contribution in [0.1, 0.15) is 25.0 Å². The second-order valence-corrected chi connectivity index (χ2v) is 5.59. The first-order chi connectivity index (χ1) is 12.2. The minimum Gasteiger partial charge on any atom is -0.504 e. The third-order valence-corrected chi connectivity index (χ3v) is 3.64. The second kappa shape index (κ2) is 10.2. The number of hydrogen-bond acceptors (Lipinski definition) is 3. The van der Waals surface area contributed by atoms with Crippen LogP contribution in [-0.2, 0) is 13.0 Å². The van der Waals surface area contributed by atoms with Gasteiger partial charge in [-0.15, -0.1) is 0 Å². The van der Waals surface area contributed by atoms with Crippen molar-refractivity contribution in [1.29, 1.82) is 0 Å². The van der Waals surface area contributed by atoms with E-state index in [1.807, 2.05) is 32.0 Å². The molecule has 0 unspecified atom stereocenters. The minimum absolute atomic E-state index is 0.155. The van der Waals surface area contributed by atoms with E-state index in [-0.39, 0.29) is 5.75 Å². The van der Waals surface area contributed by atoms with Crippen molar-refractivity contribution >= 4 is 5.96 Å². The molecule has 0 radical (unpaired) electrons. The Labute approximate surface area is 149 Å². The molecule has 0 atom stereocenters.